The summed E-state index contributed by atoms with van der Waals surface area (Å²) in [5.41, 5.74) is 5.33. The zero-order valence-electron chi connectivity index (χ0n) is 20.6. The molecule has 0 heterocycles. The van der Waals surface area contributed by atoms with Gasteiger partial charge in [0.05, 0.1) is 6.54 Å². The molecular weight excluding hydrogens is 386 g/mol. The largest absolute Gasteiger partial charge is 0.464 e. The van der Waals surface area contributed by atoms with Gasteiger partial charge in [0.2, 0.25) is 0 Å². The van der Waals surface area contributed by atoms with Crippen molar-refractivity contribution in [1.82, 2.24) is 4.90 Å². The van der Waals surface area contributed by atoms with E-state index >= 15 is 0 Å². The Morgan fingerprint density at radius 1 is 0.806 bits per heavy atom. The quantitative estimate of drug-likeness (QED) is 0.0631. The summed E-state index contributed by atoms with van der Waals surface area (Å²) >= 11 is 0. The number of allylic oxidation sites excluding steroid dienone is 2. The van der Waals surface area contributed by atoms with Gasteiger partial charge in [0.15, 0.2) is 5.96 Å². The maximum atomic E-state index is 11.6. The minimum Gasteiger partial charge on any atom is -0.464 e. The molecule has 5 heteroatoms. The molecule has 0 aromatic carbocycles. The summed E-state index contributed by atoms with van der Waals surface area (Å²) in [6.45, 7) is 3.04. The van der Waals surface area contributed by atoms with E-state index in [1.807, 2.05) is 0 Å². The number of ether oxygens (including phenoxy) is 1. The lowest BCUT2D eigenvalue weighted by molar-refractivity contribution is -0.143. The second kappa shape index (κ2) is 23.1. The summed E-state index contributed by atoms with van der Waals surface area (Å²) in [6, 6.07) is 0. The number of nitrogens with one attached hydrogen (secondary N) is 1. The van der Waals surface area contributed by atoms with Gasteiger partial charge >= 0.3 is 5.97 Å². The van der Waals surface area contributed by atoms with Gasteiger partial charge in [0, 0.05) is 13.5 Å². The van der Waals surface area contributed by atoms with Crippen molar-refractivity contribution in [1.29, 1.82) is 5.41 Å². The van der Waals surface area contributed by atoms with Gasteiger partial charge in [-0.25, -0.2) is 0 Å². The number of hydrogen-bond donors (Lipinski definition) is 2. The van der Waals surface area contributed by atoms with Crippen LogP contribution in [0.15, 0.2) is 12.2 Å². The Kier molecular flexibility index (Phi) is 22.0. The van der Waals surface area contributed by atoms with E-state index in [1.54, 1.807) is 11.9 Å². The van der Waals surface area contributed by atoms with Crippen molar-refractivity contribution >= 4 is 11.9 Å². The molecule has 0 saturated heterocycles. The number of carbonyl (C=O) groups excluding carboxylic acids is 1. The molecule has 0 aromatic rings. The molecule has 0 aliphatic heterocycles. The van der Waals surface area contributed by atoms with Gasteiger partial charge in [-0.2, -0.15) is 0 Å². The Labute approximate surface area is 192 Å². The monoisotopic (exact) mass is 437 g/mol. The Hall–Kier alpha value is -1.52. The molecule has 0 radical (unpaired) electrons. The second-order valence-electron chi connectivity index (χ2n) is 8.78. The Morgan fingerprint density at radius 3 is 1.74 bits per heavy atom. The predicted octanol–water partition coefficient (Wildman–Crippen LogP) is 6.95. The van der Waals surface area contributed by atoms with Crippen LogP contribution in [0.1, 0.15) is 122 Å². The van der Waals surface area contributed by atoms with Crippen molar-refractivity contribution in [2.45, 2.75) is 122 Å². The summed E-state index contributed by atoms with van der Waals surface area (Å²) in [6.07, 6.45) is 27.3. The molecule has 0 amide bonds. The van der Waals surface area contributed by atoms with E-state index in [1.165, 1.54) is 96.3 Å². The van der Waals surface area contributed by atoms with Gasteiger partial charge in [-0.3, -0.25) is 10.2 Å². The van der Waals surface area contributed by atoms with Crippen molar-refractivity contribution in [3.63, 3.8) is 0 Å². The molecule has 182 valence electrons. The lowest BCUT2D eigenvalue weighted by atomic mass is 10.1. The number of rotatable bonds is 22. The number of nitrogens with zero attached hydrogens (tertiary/aromatic N) is 1. The summed E-state index contributed by atoms with van der Waals surface area (Å²) in [5.74, 6) is -0.148. The maximum absolute atomic E-state index is 11.6. The van der Waals surface area contributed by atoms with Crippen LogP contribution in [0.4, 0.5) is 0 Å². The number of esters is 1. The van der Waals surface area contributed by atoms with Crippen molar-refractivity contribution in [3.8, 4) is 0 Å². The van der Waals surface area contributed by atoms with Crippen LogP contribution in [0, 0.1) is 5.41 Å². The Morgan fingerprint density at radius 2 is 1.26 bits per heavy atom. The SMILES string of the molecule is CCCCCCCCC=CCCCCCCCCCCCC(=O)OCCN(C)C(=N)N. The highest BCUT2D eigenvalue weighted by molar-refractivity contribution is 5.74. The van der Waals surface area contributed by atoms with Crippen LogP contribution in [0.3, 0.4) is 0 Å². The molecule has 0 atom stereocenters. The van der Waals surface area contributed by atoms with Gasteiger partial charge in [0.25, 0.3) is 0 Å². The van der Waals surface area contributed by atoms with Crippen LogP contribution >= 0.6 is 0 Å². The van der Waals surface area contributed by atoms with Crippen LogP contribution in [0.5, 0.6) is 0 Å². The first kappa shape index (κ1) is 29.5. The molecule has 0 saturated carbocycles. The fourth-order valence-electron chi connectivity index (χ4n) is 3.54. The lowest BCUT2D eigenvalue weighted by Gasteiger charge is -2.16. The number of nitrogens with two attached hydrogens (primary N) is 1. The fourth-order valence-corrected chi connectivity index (χ4v) is 3.54. The van der Waals surface area contributed by atoms with E-state index in [0.717, 1.165) is 12.8 Å². The van der Waals surface area contributed by atoms with Gasteiger partial charge in [-0.15, -0.1) is 0 Å². The van der Waals surface area contributed by atoms with Crippen molar-refractivity contribution in [2.75, 3.05) is 20.2 Å². The molecule has 0 aliphatic rings. The molecule has 0 fully saturated rings. The minimum atomic E-state index is -0.141. The first-order valence-corrected chi connectivity index (χ1v) is 12.9. The smallest absolute Gasteiger partial charge is 0.305 e. The number of hydrogen-bond acceptors (Lipinski definition) is 3. The van der Waals surface area contributed by atoms with Gasteiger partial charge < -0.3 is 15.4 Å². The zero-order valence-corrected chi connectivity index (χ0v) is 20.6. The first-order chi connectivity index (χ1) is 15.1. The average molecular weight is 438 g/mol. The highest BCUT2D eigenvalue weighted by atomic mass is 16.5. The molecule has 3 N–H and O–H groups in total. The third-order valence-electron chi connectivity index (χ3n) is 5.74. The third-order valence-corrected chi connectivity index (χ3v) is 5.74. The Balaban J connectivity index is 3.23. The van der Waals surface area contributed by atoms with Gasteiger partial charge in [-0.1, -0.05) is 96.1 Å². The van der Waals surface area contributed by atoms with Crippen LogP contribution in [0.2, 0.25) is 0 Å². The molecule has 0 bridgehead atoms. The Bertz CT molecular complexity index is 452. The van der Waals surface area contributed by atoms with E-state index in [4.69, 9.17) is 15.9 Å². The van der Waals surface area contributed by atoms with Gasteiger partial charge in [-0.05, 0) is 32.1 Å². The number of unbranched alkanes of at least 4 members (excludes halogenated alkanes) is 15. The van der Waals surface area contributed by atoms with Crippen molar-refractivity contribution < 1.29 is 9.53 Å². The predicted molar refractivity (Wildman–Crippen MR) is 133 cm³/mol. The van der Waals surface area contributed by atoms with E-state index < -0.39 is 0 Å². The van der Waals surface area contributed by atoms with Crippen LogP contribution in [0.25, 0.3) is 0 Å². The lowest BCUT2D eigenvalue weighted by Crippen LogP contribution is -2.35. The minimum absolute atomic E-state index is 0.00770. The maximum Gasteiger partial charge on any atom is 0.305 e. The third kappa shape index (κ3) is 23.0. The number of guanidine groups is 1. The highest BCUT2D eigenvalue weighted by Gasteiger charge is 2.04. The molecule has 5 nitrogen and oxygen atoms in total. The van der Waals surface area contributed by atoms with Crippen LogP contribution < -0.4 is 5.73 Å². The standard InChI is InChI=1S/C26H51N3O2/c1-3-4-5-6-7-8-9-10-11-12-13-14-15-16-17-18-19-20-21-22-25(30)31-24-23-29(2)26(27)28/h10-11H,3-9,12-24H2,1-2H3,(H3,27,28). The van der Waals surface area contributed by atoms with Crippen molar-refractivity contribution in [2.24, 2.45) is 5.73 Å². The number of likely N-dealkylation sites (N-methyl/N-ethyl adjacent to an activating group) is 1. The first-order valence-electron chi connectivity index (χ1n) is 12.9. The fraction of sp³-hybridized carbons (Fsp3) is 0.846. The van der Waals surface area contributed by atoms with E-state index in [9.17, 15) is 4.79 Å². The summed E-state index contributed by atoms with van der Waals surface area (Å²) in [4.78, 5) is 13.2. The molecular formula is C26H51N3O2. The second-order valence-corrected chi connectivity index (χ2v) is 8.78. The summed E-state index contributed by atoms with van der Waals surface area (Å²) in [5, 5.41) is 7.24. The molecule has 31 heavy (non-hydrogen) atoms. The summed E-state index contributed by atoms with van der Waals surface area (Å²) < 4.78 is 5.16. The van der Waals surface area contributed by atoms with Crippen molar-refractivity contribution in [3.05, 3.63) is 12.2 Å². The molecule has 0 rings (SSSR count). The normalized spacial score (nSPS) is 11.2. The molecule has 0 aliphatic carbocycles. The molecule has 0 unspecified atom stereocenters. The van der Waals surface area contributed by atoms with Gasteiger partial charge in [0.1, 0.15) is 6.61 Å². The molecule has 0 spiro atoms. The summed E-state index contributed by atoms with van der Waals surface area (Å²) in [7, 11) is 1.71. The highest BCUT2D eigenvalue weighted by Crippen LogP contribution is 2.12. The van der Waals surface area contributed by atoms with Crippen LogP contribution in [-0.4, -0.2) is 37.0 Å². The average Bonchev–Trinajstić information content (AvgIpc) is 2.75. The topological polar surface area (TPSA) is 79.4 Å². The molecule has 0 aromatic heterocycles. The van der Waals surface area contributed by atoms with E-state index in [0.29, 0.717) is 19.6 Å². The number of carbonyl (C=O) groups is 1. The zero-order chi connectivity index (χ0) is 23.0. The van der Waals surface area contributed by atoms with E-state index in [2.05, 4.69) is 19.1 Å². The van der Waals surface area contributed by atoms with E-state index in [-0.39, 0.29) is 11.9 Å². The van der Waals surface area contributed by atoms with Crippen LogP contribution in [-0.2, 0) is 9.53 Å².